The molecule has 0 bridgehead atoms. The summed E-state index contributed by atoms with van der Waals surface area (Å²) >= 11 is 0. The molecule has 1 aliphatic heterocycles. The molecular formula is C21H21N7O3. The second-order valence-electron chi connectivity index (χ2n) is 7.47. The number of rotatable bonds is 6. The summed E-state index contributed by atoms with van der Waals surface area (Å²) in [7, 11) is 1.91. The lowest BCUT2D eigenvalue weighted by Gasteiger charge is -2.11. The van der Waals surface area contributed by atoms with E-state index >= 15 is 0 Å². The summed E-state index contributed by atoms with van der Waals surface area (Å²) in [4.78, 5) is 25.6. The van der Waals surface area contributed by atoms with E-state index in [1.54, 1.807) is 28.2 Å². The van der Waals surface area contributed by atoms with Gasteiger partial charge in [-0.2, -0.15) is 15.1 Å². The quantitative estimate of drug-likeness (QED) is 0.456. The first-order valence-electron chi connectivity index (χ1n) is 9.83. The van der Waals surface area contributed by atoms with E-state index in [-0.39, 0.29) is 0 Å². The Kier molecular flexibility index (Phi) is 4.94. The summed E-state index contributed by atoms with van der Waals surface area (Å²) in [6.45, 7) is 1.33. The fourth-order valence-corrected chi connectivity index (χ4v) is 3.67. The summed E-state index contributed by atoms with van der Waals surface area (Å²) in [6.07, 6.45) is 7.47. The Hall–Kier alpha value is -3.60. The number of aliphatic hydroxyl groups excluding tert-OH is 1. The van der Waals surface area contributed by atoms with Gasteiger partial charge in [-0.15, -0.1) is 0 Å². The van der Waals surface area contributed by atoms with E-state index in [0.29, 0.717) is 37.0 Å². The molecule has 4 heterocycles. The molecule has 0 radical (unpaired) electrons. The first kappa shape index (κ1) is 19.4. The van der Waals surface area contributed by atoms with Crippen LogP contribution in [0.15, 0.2) is 49.1 Å². The topological polar surface area (TPSA) is 110 Å². The fourth-order valence-electron chi connectivity index (χ4n) is 3.67. The summed E-state index contributed by atoms with van der Waals surface area (Å²) in [5, 5.41) is 19.7. The van der Waals surface area contributed by atoms with Crippen LogP contribution in [0.25, 0.3) is 16.7 Å². The van der Waals surface area contributed by atoms with Gasteiger partial charge < -0.3 is 15.0 Å². The molecule has 1 fully saturated rings. The largest absolute Gasteiger partial charge is 0.389 e. The molecule has 3 aromatic heterocycles. The number of hydrogen-bond acceptors (Lipinski definition) is 8. The summed E-state index contributed by atoms with van der Waals surface area (Å²) in [6, 6.07) is 7.55. The Labute approximate surface area is 177 Å². The molecule has 4 aromatic rings. The SMILES string of the molecule is Cn1cc(C=O)c2cc(Nc3nccc(-n4cc(CN5CC(O)CO5)cn4)n3)ccc21. The van der Waals surface area contributed by atoms with Crippen LogP contribution in [0.1, 0.15) is 15.9 Å². The molecule has 0 amide bonds. The molecule has 1 saturated heterocycles. The average molecular weight is 419 g/mol. The third-order valence-electron chi connectivity index (χ3n) is 5.14. The van der Waals surface area contributed by atoms with Gasteiger partial charge in [0.1, 0.15) is 0 Å². The third kappa shape index (κ3) is 3.91. The van der Waals surface area contributed by atoms with E-state index in [1.807, 2.05) is 42.2 Å². The van der Waals surface area contributed by atoms with Gasteiger partial charge in [-0.3, -0.25) is 9.63 Å². The molecule has 1 atom stereocenters. The van der Waals surface area contributed by atoms with Gasteiger partial charge in [-0.1, -0.05) is 0 Å². The van der Waals surface area contributed by atoms with Gasteiger partial charge >= 0.3 is 0 Å². The van der Waals surface area contributed by atoms with E-state index in [2.05, 4.69) is 20.4 Å². The van der Waals surface area contributed by atoms with Gasteiger partial charge in [-0.25, -0.2) is 9.67 Å². The zero-order valence-corrected chi connectivity index (χ0v) is 16.8. The molecule has 0 saturated carbocycles. The maximum Gasteiger partial charge on any atom is 0.229 e. The summed E-state index contributed by atoms with van der Waals surface area (Å²) in [5.41, 5.74) is 3.33. The number of aromatic nitrogens is 5. The minimum absolute atomic E-state index is 0.318. The maximum atomic E-state index is 11.3. The lowest BCUT2D eigenvalue weighted by atomic mass is 10.1. The van der Waals surface area contributed by atoms with Crippen molar-refractivity contribution in [3.8, 4) is 5.82 Å². The first-order valence-corrected chi connectivity index (χ1v) is 9.83. The van der Waals surface area contributed by atoms with Crippen LogP contribution in [-0.2, 0) is 18.4 Å². The number of aldehydes is 1. The molecule has 158 valence electrons. The van der Waals surface area contributed by atoms with Gasteiger partial charge in [0.2, 0.25) is 5.95 Å². The van der Waals surface area contributed by atoms with Crippen LogP contribution in [0, 0.1) is 0 Å². The summed E-state index contributed by atoms with van der Waals surface area (Å²) < 4.78 is 3.59. The lowest BCUT2D eigenvalue weighted by molar-refractivity contribution is -0.117. The number of carbonyl (C=O) groups is 1. The zero-order chi connectivity index (χ0) is 21.4. The molecule has 0 spiro atoms. The lowest BCUT2D eigenvalue weighted by Crippen LogP contribution is -2.20. The van der Waals surface area contributed by atoms with Crippen molar-refractivity contribution in [3.05, 3.63) is 60.2 Å². The standard InChI is InChI=1S/C21H21N7O3/c1-26-10-15(12-29)18-6-16(2-3-19(18)26)24-21-22-5-4-20(25-21)28-9-14(7-23-28)8-27-11-17(30)13-31-27/h2-7,9-10,12,17,30H,8,11,13H2,1H3,(H,22,24,25). The van der Waals surface area contributed by atoms with Gasteiger partial charge in [0.25, 0.3) is 0 Å². The number of β-amino-alcohol motifs (C(OH)–C–C–N with tert-alkyl or cyclic N) is 1. The molecule has 10 nitrogen and oxygen atoms in total. The highest BCUT2D eigenvalue weighted by Gasteiger charge is 2.21. The second-order valence-corrected chi connectivity index (χ2v) is 7.47. The summed E-state index contributed by atoms with van der Waals surface area (Å²) in [5.74, 6) is 1.03. The Balaban J connectivity index is 1.35. The highest BCUT2D eigenvalue weighted by molar-refractivity contribution is 5.99. The van der Waals surface area contributed by atoms with Crippen LogP contribution in [0.5, 0.6) is 0 Å². The molecule has 1 unspecified atom stereocenters. The molecule has 1 aliphatic rings. The van der Waals surface area contributed by atoms with Crippen molar-refractivity contribution < 1.29 is 14.7 Å². The number of anilines is 2. The van der Waals surface area contributed by atoms with Gasteiger partial charge in [0, 0.05) is 59.4 Å². The Morgan fingerprint density at radius 3 is 3.03 bits per heavy atom. The van der Waals surface area contributed by atoms with Gasteiger partial charge in [0.05, 0.1) is 32.0 Å². The van der Waals surface area contributed by atoms with Crippen LogP contribution >= 0.6 is 0 Å². The van der Waals surface area contributed by atoms with E-state index in [4.69, 9.17) is 4.84 Å². The molecule has 0 aliphatic carbocycles. The van der Waals surface area contributed by atoms with Crippen molar-refractivity contribution in [2.75, 3.05) is 18.5 Å². The maximum absolute atomic E-state index is 11.3. The molecule has 31 heavy (non-hydrogen) atoms. The van der Waals surface area contributed by atoms with Gasteiger partial charge in [-0.05, 0) is 18.2 Å². The van der Waals surface area contributed by atoms with E-state index in [0.717, 1.165) is 28.4 Å². The highest BCUT2D eigenvalue weighted by atomic mass is 16.7. The fraction of sp³-hybridized carbons (Fsp3) is 0.238. The van der Waals surface area contributed by atoms with Crippen LogP contribution in [0.4, 0.5) is 11.6 Å². The minimum Gasteiger partial charge on any atom is -0.389 e. The number of hydroxylamine groups is 2. The predicted molar refractivity (Wildman–Crippen MR) is 113 cm³/mol. The van der Waals surface area contributed by atoms with Crippen LogP contribution < -0.4 is 5.32 Å². The highest BCUT2D eigenvalue weighted by Crippen LogP contribution is 2.25. The van der Waals surface area contributed by atoms with E-state index < -0.39 is 6.10 Å². The third-order valence-corrected chi connectivity index (χ3v) is 5.14. The number of aryl methyl sites for hydroxylation is 1. The van der Waals surface area contributed by atoms with Crippen molar-refractivity contribution in [3.63, 3.8) is 0 Å². The molecular weight excluding hydrogens is 398 g/mol. The van der Waals surface area contributed by atoms with Crippen LogP contribution in [-0.4, -0.2) is 60.0 Å². The number of carbonyl (C=O) groups excluding carboxylic acids is 1. The predicted octanol–water partition coefficient (Wildman–Crippen LogP) is 1.82. The zero-order valence-electron chi connectivity index (χ0n) is 16.8. The van der Waals surface area contributed by atoms with Crippen LogP contribution in [0.3, 0.4) is 0 Å². The minimum atomic E-state index is -0.455. The molecule has 1 aromatic carbocycles. The number of benzene rings is 1. The average Bonchev–Trinajstić information content (AvgIpc) is 3.48. The van der Waals surface area contributed by atoms with E-state index in [9.17, 15) is 9.90 Å². The van der Waals surface area contributed by atoms with Crippen molar-refractivity contribution in [2.45, 2.75) is 12.6 Å². The molecule has 10 heteroatoms. The van der Waals surface area contributed by atoms with Crippen LogP contribution in [0.2, 0.25) is 0 Å². The molecule has 2 N–H and O–H groups in total. The Morgan fingerprint density at radius 1 is 1.32 bits per heavy atom. The smallest absolute Gasteiger partial charge is 0.229 e. The monoisotopic (exact) mass is 419 g/mol. The normalized spacial score (nSPS) is 16.8. The second kappa shape index (κ2) is 7.91. The number of aliphatic hydroxyl groups is 1. The van der Waals surface area contributed by atoms with E-state index in [1.165, 1.54) is 0 Å². The van der Waals surface area contributed by atoms with Gasteiger partial charge in [0.15, 0.2) is 12.1 Å². The number of nitrogens with one attached hydrogen (secondary N) is 1. The Bertz CT molecular complexity index is 1250. The number of fused-ring (bicyclic) bond motifs is 1. The van der Waals surface area contributed by atoms with Crippen molar-refractivity contribution in [1.29, 1.82) is 0 Å². The first-order chi connectivity index (χ1) is 15.1. The van der Waals surface area contributed by atoms with Crippen molar-refractivity contribution in [1.82, 2.24) is 29.4 Å². The van der Waals surface area contributed by atoms with Crippen molar-refractivity contribution >= 4 is 28.8 Å². The Morgan fingerprint density at radius 2 is 2.23 bits per heavy atom. The van der Waals surface area contributed by atoms with Crippen molar-refractivity contribution in [2.24, 2.45) is 7.05 Å². The number of hydrogen-bond donors (Lipinski definition) is 2. The number of nitrogens with zero attached hydrogens (tertiary/aromatic N) is 6. The molecule has 5 rings (SSSR count).